The quantitative estimate of drug-likeness (QED) is 0.337. The summed E-state index contributed by atoms with van der Waals surface area (Å²) in [5.41, 5.74) is -1.63. The summed E-state index contributed by atoms with van der Waals surface area (Å²) >= 11 is 0. The first-order valence-electron chi connectivity index (χ1n) is 9.13. The molecule has 0 heterocycles. The van der Waals surface area contributed by atoms with Gasteiger partial charge in [-0.15, -0.1) is 0 Å². The first kappa shape index (κ1) is 24.4. The number of esters is 1. The highest BCUT2D eigenvalue weighted by atomic mass is 32.2. The fourth-order valence-electron chi connectivity index (χ4n) is 5.46. The molecule has 1 atom stereocenters. The molecule has 0 aromatic rings. The standard InChI is InChI=1S/C16H17F9O5S/c17-13(18,15(22,23)16(24,25)31(27,28)29)10(14(19,20)21)30-11(26)12-4-7-1-8(5-12)3-9(2-7)6-12/h7-10H,1-6H2,(H,27,28,29). The molecular weight excluding hydrogens is 475 g/mol. The summed E-state index contributed by atoms with van der Waals surface area (Å²) in [6, 6.07) is 0. The van der Waals surface area contributed by atoms with Gasteiger partial charge in [0, 0.05) is 0 Å². The Labute approximate surface area is 170 Å². The summed E-state index contributed by atoms with van der Waals surface area (Å²) in [5.74, 6) is -16.3. The van der Waals surface area contributed by atoms with Gasteiger partial charge in [0.1, 0.15) is 0 Å². The molecule has 180 valence electrons. The summed E-state index contributed by atoms with van der Waals surface area (Å²) in [5, 5.41) is -7.00. The van der Waals surface area contributed by atoms with Crippen LogP contribution in [0.25, 0.3) is 0 Å². The van der Waals surface area contributed by atoms with E-state index in [1.165, 1.54) is 0 Å². The molecule has 1 N–H and O–H groups in total. The van der Waals surface area contributed by atoms with Crippen LogP contribution in [0.1, 0.15) is 38.5 Å². The van der Waals surface area contributed by atoms with Gasteiger partial charge in [-0.1, -0.05) is 0 Å². The maximum absolute atomic E-state index is 14.1. The van der Waals surface area contributed by atoms with Crippen LogP contribution < -0.4 is 0 Å². The van der Waals surface area contributed by atoms with Gasteiger partial charge in [0.2, 0.25) is 0 Å². The fourth-order valence-corrected chi connectivity index (χ4v) is 5.92. The van der Waals surface area contributed by atoms with Gasteiger partial charge in [-0.05, 0) is 56.3 Å². The zero-order valence-corrected chi connectivity index (χ0v) is 16.3. The number of rotatable bonds is 6. The van der Waals surface area contributed by atoms with Gasteiger partial charge in [-0.3, -0.25) is 9.35 Å². The molecule has 0 spiro atoms. The van der Waals surface area contributed by atoms with E-state index >= 15 is 0 Å². The predicted molar refractivity (Wildman–Crippen MR) is 82.9 cm³/mol. The van der Waals surface area contributed by atoms with Gasteiger partial charge >= 0.3 is 39.4 Å². The van der Waals surface area contributed by atoms with E-state index in [-0.39, 0.29) is 37.0 Å². The largest absolute Gasteiger partial charge is 0.445 e. The van der Waals surface area contributed by atoms with E-state index in [1.54, 1.807) is 0 Å². The summed E-state index contributed by atoms with van der Waals surface area (Å²) in [7, 11) is -7.26. The van der Waals surface area contributed by atoms with Crippen molar-refractivity contribution in [1.82, 2.24) is 0 Å². The maximum Gasteiger partial charge on any atom is 0.438 e. The lowest BCUT2D eigenvalue weighted by atomic mass is 9.49. The molecule has 4 bridgehead atoms. The van der Waals surface area contributed by atoms with E-state index in [2.05, 4.69) is 4.74 Å². The molecular formula is C16H17F9O5S. The summed E-state index contributed by atoms with van der Waals surface area (Å²) in [4.78, 5) is 12.5. The first-order chi connectivity index (χ1) is 13.7. The molecule has 1 unspecified atom stereocenters. The molecule has 4 rings (SSSR count). The molecule has 5 nitrogen and oxygen atoms in total. The van der Waals surface area contributed by atoms with E-state index in [1.807, 2.05) is 0 Å². The van der Waals surface area contributed by atoms with Crippen LogP contribution in [0.4, 0.5) is 39.5 Å². The lowest BCUT2D eigenvalue weighted by molar-refractivity contribution is -0.357. The van der Waals surface area contributed by atoms with Crippen LogP contribution in [0, 0.1) is 23.2 Å². The second kappa shape index (κ2) is 6.87. The Bertz CT molecular complexity index is 817. The first-order valence-corrected chi connectivity index (χ1v) is 10.6. The number of carbonyl (C=O) groups is 1. The SMILES string of the molecule is O=C(OC(C(F)(F)F)C(F)(F)C(F)(F)C(F)(F)S(=O)(=O)O)C12CC3CC(CC(C3)C1)C2. The maximum atomic E-state index is 14.1. The van der Waals surface area contributed by atoms with Gasteiger partial charge in [-0.25, -0.2) is 0 Å². The third kappa shape index (κ3) is 3.68. The lowest BCUT2D eigenvalue weighted by Crippen LogP contribution is -2.66. The molecule has 4 fully saturated rings. The van der Waals surface area contributed by atoms with E-state index in [0.717, 1.165) is 0 Å². The Morgan fingerprint density at radius 1 is 0.871 bits per heavy atom. The van der Waals surface area contributed by atoms with Gasteiger partial charge in [0.15, 0.2) is 0 Å². The van der Waals surface area contributed by atoms with Crippen LogP contribution in [-0.2, 0) is 19.6 Å². The Morgan fingerprint density at radius 3 is 1.58 bits per heavy atom. The van der Waals surface area contributed by atoms with Crippen molar-refractivity contribution < 1.29 is 62.0 Å². The number of carbonyl (C=O) groups excluding carboxylic acids is 1. The lowest BCUT2D eigenvalue weighted by Gasteiger charge is -2.55. The molecule has 0 aromatic carbocycles. The molecule has 4 aliphatic rings. The molecule has 4 saturated carbocycles. The Morgan fingerprint density at radius 2 is 1.26 bits per heavy atom. The Balaban J connectivity index is 1.95. The third-order valence-electron chi connectivity index (χ3n) is 6.43. The second-order valence-electron chi connectivity index (χ2n) is 8.71. The van der Waals surface area contributed by atoms with E-state index in [9.17, 15) is 52.7 Å². The minimum atomic E-state index is -7.27. The zero-order chi connectivity index (χ0) is 23.8. The van der Waals surface area contributed by atoms with Gasteiger partial charge in [0.25, 0.3) is 6.10 Å². The number of hydrogen-bond donors (Lipinski definition) is 1. The van der Waals surface area contributed by atoms with E-state index in [4.69, 9.17) is 4.55 Å². The van der Waals surface area contributed by atoms with Crippen LogP contribution in [0.3, 0.4) is 0 Å². The second-order valence-corrected chi connectivity index (χ2v) is 10.2. The third-order valence-corrected chi connectivity index (χ3v) is 7.34. The predicted octanol–water partition coefficient (Wildman–Crippen LogP) is 4.43. The average Bonchev–Trinajstić information content (AvgIpc) is 2.55. The zero-order valence-electron chi connectivity index (χ0n) is 15.4. The van der Waals surface area contributed by atoms with Crippen molar-refractivity contribution in [2.24, 2.45) is 23.2 Å². The van der Waals surface area contributed by atoms with Crippen molar-refractivity contribution in [3.63, 3.8) is 0 Å². The minimum Gasteiger partial charge on any atom is -0.445 e. The highest BCUT2D eigenvalue weighted by molar-refractivity contribution is 7.87. The van der Waals surface area contributed by atoms with Crippen LogP contribution in [0.5, 0.6) is 0 Å². The smallest absolute Gasteiger partial charge is 0.438 e. The van der Waals surface area contributed by atoms with Crippen molar-refractivity contribution in [1.29, 1.82) is 0 Å². The van der Waals surface area contributed by atoms with Gasteiger partial charge in [0.05, 0.1) is 5.41 Å². The average molecular weight is 492 g/mol. The number of ether oxygens (including phenoxy) is 1. The number of halogens is 9. The molecule has 0 radical (unpaired) electrons. The Kier molecular flexibility index (Phi) is 5.41. The van der Waals surface area contributed by atoms with Crippen molar-refractivity contribution in [2.45, 2.75) is 67.9 Å². The van der Waals surface area contributed by atoms with E-state index < -0.39 is 50.9 Å². The number of alkyl halides is 9. The van der Waals surface area contributed by atoms with Gasteiger partial charge < -0.3 is 4.74 Å². The molecule has 4 aliphatic carbocycles. The van der Waals surface area contributed by atoms with Crippen molar-refractivity contribution in [3.8, 4) is 0 Å². The van der Waals surface area contributed by atoms with Crippen LogP contribution in [-0.4, -0.2) is 48.3 Å². The van der Waals surface area contributed by atoms with Crippen molar-refractivity contribution >= 4 is 16.1 Å². The number of hydrogen-bond acceptors (Lipinski definition) is 4. The molecule has 15 heteroatoms. The monoisotopic (exact) mass is 492 g/mol. The normalized spacial score (nSPS) is 32.8. The van der Waals surface area contributed by atoms with Crippen molar-refractivity contribution in [2.75, 3.05) is 0 Å². The van der Waals surface area contributed by atoms with Crippen LogP contribution in [0.15, 0.2) is 0 Å². The van der Waals surface area contributed by atoms with Crippen LogP contribution >= 0.6 is 0 Å². The molecule has 0 saturated heterocycles. The molecule has 0 aromatic heterocycles. The highest BCUT2D eigenvalue weighted by Crippen LogP contribution is 2.61. The van der Waals surface area contributed by atoms with Crippen LogP contribution in [0.2, 0.25) is 0 Å². The topological polar surface area (TPSA) is 80.7 Å². The molecule has 31 heavy (non-hydrogen) atoms. The molecule has 0 aliphatic heterocycles. The summed E-state index contributed by atoms with van der Waals surface area (Å²) in [6.45, 7) is 0. The minimum absolute atomic E-state index is 0.00739. The van der Waals surface area contributed by atoms with Gasteiger partial charge in [-0.2, -0.15) is 47.9 Å². The van der Waals surface area contributed by atoms with E-state index in [0.29, 0.717) is 19.3 Å². The Hall–Kier alpha value is -1.25. The molecule has 0 amide bonds. The summed E-state index contributed by atoms with van der Waals surface area (Å²) in [6.07, 6.45) is -9.54. The summed E-state index contributed by atoms with van der Waals surface area (Å²) < 4.78 is 155. The van der Waals surface area contributed by atoms with Crippen molar-refractivity contribution in [3.05, 3.63) is 0 Å². The fraction of sp³-hybridized carbons (Fsp3) is 0.938. The highest BCUT2D eigenvalue weighted by Gasteiger charge is 2.83.